The molecule has 0 aliphatic rings. The second kappa shape index (κ2) is 6.75. The minimum atomic E-state index is 0.543. The van der Waals surface area contributed by atoms with E-state index < -0.39 is 0 Å². The number of thiol groups is 1. The molecule has 0 atom stereocenters. The summed E-state index contributed by atoms with van der Waals surface area (Å²) < 4.78 is 6.26. The molecule has 0 radical (unpaired) electrons. The lowest BCUT2D eigenvalue weighted by molar-refractivity contribution is -0.890. The Labute approximate surface area is 81.9 Å². The summed E-state index contributed by atoms with van der Waals surface area (Å²) in [5.74, 6) is 0.543. The molecule has 2 nitrogen and oxygen atoms in total. The molecule has 0 aromatic heterocycles. The molecule has 0 unspecified atom stereocenters. The third-order valence-corrected chi connectivity index (χ3v) is 2.15. The van der Waals surface area contributed by atoms with Crippen LogP contribution in [0.4, 0.5) is 0 Å². The molecule has 3 heteroatoms. The van der Waals surface area contributed by atoms with Gasteiger partial charge in [0.2, 0.25) is 0 Å². The van der Waals surface area contributed by atoms with E-state index >= 15 is 0 Å². The number of quaternary nitrogens is 1. The molecule has 0 spiro atoms. The van der Waals surface area contributed by atoms with Crippen LogP contribution >= 0.6 is 12.6 Å². The molecule has 0 aromatic rings. The first kappa shape index (κ1) is 12.3. The van der Waals surface area contributed by atoms with Gasteiger partial charge in [-0.25, -0.2) is 0 Å². The van der Waals surface area contributed by atoms with Crippen molar-refractivity contribution in [2.24, 2.45) is 0 Å². The van der Waals surface area contributed by atoms with Crippen molar-refractivity contribution in [2.75, 3.05) is 39.7 Å². The maximum absolute atomic E-state index is 5.16. The molecule has 0 heterocycles. The van der Waals surface area contributed by atoms with Crippen molar-refractivity contribution in [1.82, 2.24) is 0 Å². The van der Waals surface area contributed by atoms with Gasteiger partial charge in [-0.1, -0.05) is 6.92 Å². The lowest BCUT2D eigenvalue weighted by atomic mass is 10.3. The third-order valence-electron chi connectivity index (χ3n) is 1.97. The van der Waals surface area contributed by atoms with E-state index in [4.69, 9.17) is 4.74 Å². The zero-order chi connectivity index (χ0) is 9.45. The highest BCUT2D eigenvalue weighted by Gasteiger charge is 2.11. The molecule has 12 heavy (non-hydrogen) atoms. The molecule has 0 fully saturated rings. The highest BCUT2D eigenvalue weighted by molar-refractivity contribution is 7.80. The van der Waals surface area contributed by atoms with Crippen LogP contribution in [0.3, 0.4) is 0 Å². The molecule has 0 N–H and O–H groups in total. The Morgan fingerprint density at radius 2 is 1.92 bits per heavy atom. The first-order chi connectivity index (χ1) is 5.62. The molecular formula is C9H22NOS+. The number of rotatable bonds is 7. The predicted octanol–water partition coefficient (Wildman–Crippen LogP) is 1.77. The Balaban J connectivity index is 3.33. The maximum atomic E-state index is 5.16. The van der Waals surface area contributed by atoms with Crippen molar-refractivity contribution in [3.05, 3.63) is 0 Å². The van der Waals surface area contributed by atoms with E-state index in [1.54, 1.807) is 0 Å². The van der Waals surface area contributed by atoms with E-state index in [9.17, 15) is 0 Å². The van der Waals surface area contributed by atoms with Crippen LogP contribution in [0.25, 0.3) is 0 Å². The summed E-state index contributed by atoms with van der Waals surface area (Å²) in [5, 5.41) is 0. The van der Waals surface area contributed by atoms with E-state index in [0.29, 0.717) is 5.94 Å². The van der Waals surface area contributed by atoms with Gasteiger partial charge in [-0.05, 0) is 6.42 Å². The maximum Gasteiger partial charge on any atom is 0.0892 e. The van der Waals surface area contributed by atoms with Gasteiger partial charge in [0.1, 0.15) is 0 Å². The fourth-order valence-corrected chi connectivity index (χ4v) is 1.51. The molecule has 0 aliphatic heterocycles. The van der Waals surface area contributed by atoms with Gasteiger partial charge < -0.3 is 9.22 Å². The minimum absolute atomic E-state index is 0.543. The normalized spacial score (nSPS) is 12.0. The van der Waals surface area contributed by atoms with Gasteiger partial charge >= 0.3 is 0 Å². The summed E-state index contributed by atoms with van der Waals surface area (Å²) in [6.07, 6.45) is 2.38. The van der Waals surface area contributed by atoms with Crippen molar-refractivity contribution >= 4 is 12.6 Å². The van der Waals surface area contributed by atoms with Gasteiger partial charge in [0.05, 0.1) is 39.7 Å². The molecular weight excluding hydrogens is 170 g/mol. The summed E-state index contributed by atoms with van der Waals surface area (Å²) in [6.45, 7) is 5.52. The van der Waals surface area contributed by atoms with E-state index in [0.717, 1.165) is 17.5 Å². The number of hydrogen-bond donors (Lipinski definition) is 1. The van der Waals surface area contributed by atoms with Gasteiger partial charge in [0, 0.05) is 6.42 Å². The zero-order valence-corrected chi connectivity index (χ0v) is 9.44. The second-order valence-corrected chi connectivity index (χ2v) is 4.03. The molecule has 0 aromatic carbocycles. The van der Waals surface area contributed by atoms with Gasteiger partial charge in [-0.15, -0.1) is 0 Å². The average molecular weight is 192 g/mol. The highest BCUT2D eigenvalue weighted by atomic mass is 32.1. The molecule has 74 valence electrons. The largest absolute Gasteiger partial charge is 0.371 e. The molecule has 0 amide bonds. The van der Waals surface area contributed by atoms with Crippen LogP contribution in [-0.2, 0) is 4.74 Å². The lowest BCUT2D eigenvalue weighted by Gasteiger charge is -2.29. The molecule has 0 rings (SSSR count). The summed E-state index contributed by atoms with van der Waals surface area (Å²) in [6, 6.07) is 0. The van der Waals surface area contributed by atoms with Crippen LogP contribution in [0.15, 0.2) is 0 Å². The van der Waals surface area contributed by atoms with Crippen molar-refractivity contribution in [2.45, 2.75) is 19.8 Å². The van der Waals surface area contributed by atoms with E-state index in [1.165, 1.54) is 19.5 Å². The number of nitrogens with zero attached hydrogens (tertiary/aromatic N) is 1. The topological polar surface area (TPSA) is 9.23 Å². The van der Waals surface area contributed by atoms with Crippen molar-refractivity contribution in [3.8, 4) is 0 Å². The smallest absolute Gasteiger partial charge is 0.0892 e. The first-order valence-electron chi connectivity index (χ1n) is 4.63. The minimum Gasteiger partial charge on any atom is -0.371 e. The molecule has 0 bridgehead atoms. The highest BCUT2D eigenvalue weighted by Crippen LogP contribution is 2.01. The van der Waals surface area contributed by atoms with Crippen LogP contribution in [-0.4, -0.2) is 44.2 Å². The lowest BCUT2D eigenvalue weighted by Crippen LogP contribution is -2.41. The van der Waals surface area contributed by atoms with Crippen molar-refractivity contribution < 1.29 is 9.22 Å². The summed E-state index contributed by atoms with van der Waals surface area (Å²) in [4.78, 5) is 0. The van der Waals surface area contributed by atoms with Gasteiger partial charge in [0.15, 0.2) is 0 Å². The van der Waals surface area contributed by atoms with Gasteiger partial charge in [-0.2, -0.15) is 12.6 Å². The van der Waals surface area contributed by atoms with Crippen LogP contribution < -0.4 is 0 Å². The molecule has 0 aliphatic carbocycles. The predicted molar refractivity (Wildman–Crippen MR) is 56.6 cm³/mol. The van der Waals surface area contributed by atoms with Crippen LogP contribution in [0, 0.1) is 0 Å². The summed E-state index contributed by atoms with van der Waals surface area (Å²) in [7, 11) is 4.54. The average Bonchev–Trinajstić information content (AvgIpc) is 1.98. The van der Waals surface area contributed by atoms with Gasteiger partial charge in [0.25, 0.3) is 0 Å². The summed E-state index contributed by atoms with van der Waals surface area (Å²) >= 11 is 3.98. The van der Waals surface area contributed by atoms with Crippen molar-refractivity contribution in [3.63, 3.8) is 0 Å². The van der Waals surface area contributed by atoms with E-state index in [-0.39, 0.29) is 0 Å². The van der Waals surface area contributed by atoms with Crippen LogP contribution in [0.2, 0.25) is 0 Å². The Morgan fingerprint density at radius 1 is 1.25 bits per heavy atom. The van der Waals surface area contributed by atoms with Crippen LogP contribution in [0.5, 0.6) is 0 Å². The number of hydrogen-bond acceptors (Lipinski definition) is 2. The zero-order valence-electron chi connectivity index (χ0n) is 8.55. The third kappa shape index (κ3) is 6.95. The number of ether oxygens (including phenoxy) is 1. The Kier molecular flexibility index (Phi) is 6.90. The summed E-state index contributed by atoms with van der Waals surface area (Å²) in [5.41, 5.74) is 0. The standard InChI is InChI=1S/C9H21NOS/c1-4-6-10(2,3)7-5-8-11-9-12/h4-9H2,1-3H3/p+1. The van der Waals surface area contributed by atoms with Gasteiger partial charge in [-0.3, -0.25) is 0 Å². The SMILES string of the molecule is CCC[N+](C)(C)CCCOCS. The van der Waals surface area contributed by atoms with E-state index in [1.807, 2.05) is 0 Å². The fraction of sp³-hybridized carbons (Fsp3) is 1.00. The Bertz CT molecular complexity index is 107. The first-order valence-corrected chi connectivity index (χ1v) is 5.26. The fourth-order valence-electron chi connectivity index (χ4n) is 1.38. The Morgan fingerprint density at radius 3 is 2.42 bits per heavy atom. The van der Waals surface area contributed by atoms with Crippen molar-refractivity contribution in [1.29, 1.82) is 0 Å². The molecule has 0 saturated heterocycles. The Hall–Kier alpha value is 0.270. The second-order valence-electron chi connectivity index (χ2n) is 3.77. The van der Waals surface area contributed by atoms with E-state index in [2.05, 4.69) is 33.6 Å². The quantitative estimate of drug-likeness (QED) is 0.280. The monoisotopic (exact) mass is 192 g/mol. The molecule has 0 saturated carbocycles. The van der Waals surface area contributed by atoms with Crippen LogP contribution in [0.1, 0.15) is 19.8 Å².